The number of rotatable bonds is 8. The number of pyridine rings is 2. The van der Waals surface area contributed by atoms with Gasteiger partial charge in [-0.25, -0.2) is 19.9 Å². The number of morpholine rings is 1. The normalized spacial score (nSPS) is 16.1. The average molecular weight is 500 g/mol. The van der Waals surface area contributed by atoms with Crippen LogP contribution in [0.15, 0.2) is 49.2 Å². The predicted octanol–water partition coefficient (Wildman–Crippen LogP) is 2.35. The van der Waals surface area contributed by atoms with E-state index in [1.807, 2.05) is 46.1 Å². The monoisotopic (exact) mass is 499 g/mol. The van der Waals surface area contributed by atoms with E-state index in [-0.39, 0.29) is 5.91 Å². The lowest BCUT2D eigenvalue weighted by molar-refractivity contribution is -0.127. The van der Waals surface area contributed by atoms with Crippen LogP contribution in [0.25, 0.3) is 22.6 Å². The Balaban J connectivity index is 1.31. The van der Waals surface area contributed by atoms with Gasteiger partial charge in [-0.2, -0.15) is 0 Å². The number of fused-ring (bicyclic) bond motifs is 1. The summed E-state index contributed by atoms with van der Waals surface area (Å²) in [7, 11) is 0. The summed E-state index contributed by atoms with van der Waals surface area (Å²) in [4.78, 5) is 39.4. The van der Waals surface area contributed by atoms with Crippen LogP contribution in [0.4, 0.5) is 11.6 Å². The second-order valence-electron chi connectivity index (χ2n) is 9.21. The van der Waals surface area contributed by atoms with Gasteiger partial charge in [-0.05, 0) is 30.2 Å². The summed E-state index contributed by atoms with van der Waals surface area (Å²) < 4.78 is 7.45. The van der Waals surface area contributed by atoms with Crippen molar-refractivity contribution < 1.29 is 9.53 Å². The van der Waals surface area contributed by atoms with Crippen LogP contribution in [0.3, 0.4) is 0 Å². The smallest absolute Gasteiger partial charge is 0.222 e. The van der Waals surface area contributed by atoms with Crippen molar-refractivity contribution in [1.29, 1.82) is 0 Å². The van der Waals surface area contributed by atoms with E-state index in [0.717, 1.165) is 48.6 Å². The van der Waals surface area contributed by atoms with Gasteiger partial charge in [-0.3, -0.25) is 9.78 Å². The molecule has 0 bridgehead atoms. The summed E-state index contributed by atoms with van der Waals surface area (Å²) in [6.45, 7) is 5.70. The quantitative estimate of drug-likeness (QED) is 0.390. The van der Waals surface area contributed by atoms with E-state index in [4.69, 9.17) is 14.7 Å². The van der Waals surface area contributed by atoms with E-state index in [0.29, 0.717) is 56.4 Å². The third-order valence-electron chi connectivity index (χ3n) is 6.77. The number of carbonyl (C=O) groups is 1. The van der Waals surface area contributed by atoms with Gasteiger partial charge < -0.3 is 24.4 Å². The Morgan fingerprint density at radius 3 is 2.68 bits per heavy atom. The molecule has 0 atom stereocenters. The third kappa shape index (κ3) is 5.08. The van der Waals surface area contributed by atoms with E-state index in [1.165, 1.54) is 0 Å². The molecular formula is C26H29N9O2. The molecule has 1 N–H and O–H groups in total. The van der Waals surface area contributed by atoms with E-state index in [1.54, 1.807) is 12.5 Å². The molecule has 1 amide bonds. The summed E-state index contributed by atoms with van der Waals surface area (Å²) in [5.74, 6) is 2.35. The Morgan fingerprint density at radius 1 is 1.00 bits per heavy atom. The number of hydrogen-bond acceptors (Lipinski definition) is 9. The molecule has 0 spiro atoms. The summed E-state index contributed by atoms with van der Waals surface area (Å²) >= 11 is 0. The standard InChI is InChI=1S/C26H29N9O2/c36-22-4-2-8-34(22)9-10-35-18-30-23-25(29-16-19-3-1-7-27-15-19)31-24(32-26(23)35)20-5-6-21(28-17-20)33-11-13-37-14-12-33/h1,3,5-7,15,17-18H,2,4,8-14,16H2,(H,29,31,32). The fourth-order valence-electron chi connectivity index (χ4n) is 4.72. The highest BCUT2D eigenvalue weighted by Crippen LogP contribution is 2.26. The first-order valence-corrected chi connectivity index (χ1v) is 12.7. The number of nitrogens with one attached hydrogen (secondary N) is 1. The zero-order chi connectivity index (χ0) is 25.0. The molecular weight excluding hydrogens is 470 g/mol. The molecule has 37 heavy (non-hydrogen) atoms. The van der Waals surface area contributed by atoms with Gasteiger partial charge in [0.25, 0.3) is 0 Å². The second kappa shape index (κ2) is 10.5. The lowest BCUT2D eigenvalue weighted by atomic mass is 10.2. The van der Waals surface area contributed by atoms with Crippen molar-refractivity contribution >= 4 is 28.7 Å². The van der Waals surface area contributed by atoms with Crippen molar-refractivity contribution in [1.82, 2.24) is 34.4 Å². The minimum Gasteiger partial charge on any atom is -0.378 e. The molecule has 0 aliphatic carbocycles. The minimum atomic E-state index is 0.213. The lowest BCUT2D eigenvalue weighted by Crippen LogP contribution is -2.36. The van der Waals surface area contributed by atoms with Crippen LogP contribution in [-0.2, 0) is 22.6 Å². The van der Waals surface area contributed by atoms with Gasteiger partial charge in [0.15, 0.2) is 17.3 Å². The number of ether oxygens (including phenoxy) is 1. The third-order valence-corrected chi connectivity index (χ3v) is 6.77. The van der Waals surface area contributed by atoms with Crippen LogP contribution >= 0.6 is 0 Å². The van der Waals surface area contributed by atoms with Crippen LogP contribution in [0.5, 0.6) is 0 Å². The zero-order valence-corrected chi connectivity index (χ0v) is 20.6. The number of aromatic nitrogens is 6. The van der Waals surface area contributed by atoms with E-state index in [9.17, 15) is 4.79 Å². The van der Waals surface area contributed by atoms with Gasteiger partial charge in [0.2, 0.25) is 5.91 Å². The molecule has 11 heteroatoms. The second-order valence-corrected chi connectivity index (χ2v) is 9.21. The molecule has 0 unspecified atom stereocenters. The average Bonchev–Trinajstić information content (AvgIpc) is 3.57. The maximum Gasteiger partial charge on any atom is 0.222 e. The molecule has 4 aromatic rings. The highest BCUT2D eigenvalue weighted by molar-refractivity contribution is 5.85. The number of nitrogens with zero attached hydrogens (tertiary/aromatic N) is 8. The highest BCUT2D eigenvalue weighted by Gasteiger charge is 2.21. The molecule has 0 saturated carbocycles. The predicted molar refractivity (Wildman–Crippen MR) is 139 cm³/mol. The topological polar surface area (TPSA) is 114 Å². The maximum absolute atomic E-state index is 12.1. The zero-order valence-electron chi connectivity index (χ0n) is 20.6. The Kier molecular flexibility index (Phi) is 6.59. The molecule has 4 aromatic heterocycles. The van der Waals surface area contributed by atoms with Gasteiger partial charge in [-0.1, -0.05) is 6.07 Å². The molecule has 0 aromatic carbocycles. The highest BCUT2D eigenvalue weighted by atomic mass is 16.5. The Hall–Kier alpha value is -4.12. The lowest BCUT2D eigenvalue weighted by Gasteiger charge is -2.27. The van der Waals surface area contributed by atoms with Gasteiger partial charge in [0.05, 0.1) is 19.5 Å². The number of likely N-dealkylation sites (tertiary alicyclic amines) is 1. The molecule has 2 fully saturated rings. The largest absolute Gasteiger partial charge is 0.378 e. The number of carbonyl (C=O) groups excluding carboxylic acids is 1. The van der Waals surface area contributed by atoms with E-state index < -0.39 is 0 Å². The summed E-state index contributed by atoms with van der Waals surface area (Å²) in [6, 6.07) is 7.94. The van der Waals surface area contributed by atoms with Crippen molar-refractivity contribution in [2.75, 3.05) is 49.6 Å². The van der Waals surface area contributed by atoms with Crippen molar-refractivity contribution in [3.8, 4) is 11.4 Å². The van der Waals surface area contributed by atoms with Gasteiger partial charge in [-0.15, -0.1) is 0 Å². The Morgan fingerprint density at radius 2 is 1.92 bits per heavy atom. The first kappa shape index (κ1) is 23.3. The van der Waals surface area contributed by atoms with Gasteiger partial charge in [0.1, 0.15) is 11.3 Å². The minimum absolute atomic E-state index is 0.213. The molecule has 6 rings (SSSR count). The molecule has 2 saturated heterocycles. The van der Waals surface area contributed by atoms with Crippen molar-refractivity contribution in [3.05, 3.63) is 54.7 Å². The molecule has 0 radical (unpaired) electrons. The number of imidazole rings is 1. The van der Waals surface area contributed by atoms with Crippen molar-refractivity contribution in [3.63, 3.8) is 0 Å². The van der Waals surface area contributed by atoms with E-state index >= 15 is 0 Å². The fourth-order valence-corrected chi connectivity index (χ4v) is 4.72. The fraction of sp³-hybridized carbons (Fsp3) is 0.385. The number of amides is 1. The van der Waals surface area contributed by atoms with Crippen molar-refractivity contribution in [2.24, 2.45) is 0 Å². The first-order valence-electron chi connectivity index (χ1n) is 12.7. The van der Waals surface area contributed by atoms with Crippen LogP contribution in [0, 0.1) is 0 Å². The van der Waals surface area contributed by atoms with Crippen LogP contribution < -0.4 is 10.2 Å². The van der Waals surface area contributed by atoms with Crippen LogP contribution in [0.1, 0.15) is 18.4 Å². The maximum atomic E-state index is 12.1. The van der Waals surface area contributed by atoms with E-state index in [2.05, 4.69) is 25.2 Å². The van der Waals surface area contributed by atoms with Gasteiger partial charge in [0, 0.05) is 69.8 Å². The van der Waals surface area contributed by atoms with Crippen molar-refractivity contribution in [2.45, 2.75) is 25.9 Å². The summed E-state index contributed by atoms with van der Waals surface area (Å²) in [5.41, 5.74) is 3.28. The SMILES string of the molecule is O=C1CCCN1CCn1cnc2c(NCc3cccnc3)nc(-c3ccc(N4CCOCC4)nc3)nc21. The Labute approximate surface area is 214 Å². The number of anilines is 2. The van der Waals surface area contributed by atoms with Gasteiger partial charge >= 0.3 is 0 Å². The summed E-state index contributed by atoms with van der Waals surface area (Å²) in [5, 5.41) is 3.42. The van der Waals surface area contributed by atoms with Crippen LogP contribution in [-0.4, -0.2) is 79.7 Å². The summed E-state index contributed by atoms with van der Waals surface area (Å²) in [6.07, 6.45) is 8.73. The molecule has 11 nitrogen and oxygen atoms in total. The van der Waals surface area contributed by atoms with Crippen LogP contribution in [0.2, 0.25) is 0 Å². The first-order chi connectivity index (χ1) is 18.2. The molecule has 2 aliphatic heterocycles. The molecule has 190 valence electrons. The molecule has 6 heterocycles. The number of hydrogen-bond donors (Lipinski definition) is 1. The molecule has 2 aliphatic rings. The Bertz CT molecular complexity index is 1370.